The summed E-state index contributed by atoms with van der Waals surface area (Å²) in [6.07, 6.45) is 2.72. The van der Waals surface area contributed by atoms with Gasteiger partial charge in [0.25, 0.3) is 0 Å². The summed E-state index contributed by atoms with van der Waals surface area (Å²) >= 11 is 1.63. The average molecular weight is 307 g/mol. The fourth-order valence-electron chi connectivity index (χ4n) is 2.38. The number of nitrogens with zero attached hydrogens (tertiary/aromatic N) is 1. The van der Waals surface area contributed by atoms with Crippen LogP contribution in [0.5, 0.6) is 0 Å². The smallest absolute Gasteiger partial charge is 0.321 e. The monoisotopic (exact) mass is 307 g/mol. The first-order valence-electron chi connectivity index (χ1n) is 7.11. The Balaban J connectivity index is 1.91. The largest absolute Gasteiger partial charge is 0.356 e. The van der Waals surface area contributed by atoms with Crippen LogP contribution in [0.2, 0.25) is 0 Å². The second kappa shape index (κ2) is 7.36. The van der Waals surface area contributed by atoms with Crippen molar-refractivity contribution in [2.24, 2.45) is 5.92 Å². The van der Waals surface area contributed by atoms with Crippen molar-refractivity contribution in [2.75, 3.05) is 31.2 Å². The van der Waals surface area contributed by atoms with Gasteiger partial charge in [-0.15, -0.1) is 11.8 Å². The number of nitrogens with one attached hydrogen (secondary N) is 2. The van der Waals surface area contributed by atoms with Crippen LogP contribution < -0.4 is 10.6 Å². The highest BCUT2D eigenvalue weighted by atomic mass is 32.2. The van der Waals surface area contributed by atoms with Crippen molar-refractivity contribution in [2.45, 2.75) is 18.2 Å². The molecule has 1 atom stereocenters. The fourth-order valence-corrected chi connectivity index (χ4v) is 2.84. The summed E-state index contributed by atoms with van der Waals surface area (Å²) in [5.74, 6) is -0.0505. The summed E-state index contributed by atoms with van der Waals surface area (Å²) in [6, 6.07) is 7.60. The van der Waals surface area contributed by atoms with Crippen molar-refractivity contribution in [3.63, 3.8) is 0 Å². The predicted molar refractivity (Wildman–Crippen MR) is 85.6 cm³/mol. The van der Waals surface area contributed by atoms with E-state index in [1.165, 1.54) is 0 Å². The number of hydrogen-bond acceptors (Lipinski definition) is 3. The molecule has 1 aliphatic rings. The zero-order valence-electron chi connectivity index (χ0n) is 12.4. The molecular formula is C15H21N3O2S. The molecule has 0 saturated carbocycles. The molecule has 1 aliphatic heterocycles. The standard InChI is InChI=1S/C15H21N3O2S/c1-3-16-14(19)11-7-8-18(10-11)15(20)17-12-5-4-6-13(9-12)21-2/h4-6,9,11H,3,7-8,10H2,1-2H3,(H,16,19)(H,17,20). The number of rotatable bonds is 4. The third-order valence-electron chi connectivity index (χ3n) is 3.52. The van der Waals surface area contributed by atoms with Crippen molar-refractivity contribution < 1.29 is 9.59 Å². The Morgan fingerprint density at radius 2 is 2.24 bits per heavy atom. The van der Waals surface area contributed by atoms with Gasteiger partial charge in [0.05, 0.1) is 5.92 Å². The first-order chi connectivity index (χ1) is 10.1. The Kier molecular flexibility index (Phi) is 5.50. The molecule has 3 amide bonds. The van der Waals surface area contributed by atoms with Gasteiger partial charge in [-0.3, -0.25) is 4.79 Å². The van der Waals surface area contributed by atoms with E-state index in [0.717, 1.165) is 17.0 Å². The van der Waals surface area contributed by atoms with Crippen LogP contribution in [-0.2, 0) is 4.79 Å². The summed E-state index contributed by atoms with van der Waals surface area (Å²) in [6.45, 7) is 3.63. The van der Waals surface area contributed by atoms with E-state index in [1.807, 2.05) is 37.4 Å². The van der Waals surface area contributed by atoms with Gasteiger partial charge in [-0.2, -0.15) is 0 Å². The lowest BCUT2D eigenvalue weighted by atomic mass is 10.1. The maximum absolute atomic E-state index is 12.2. The van der Waals surface area contributed by atoms with E-state index in [1.54, 1.807) is 16.7 Å². The molecule has 6 heteroatoms. The van der Waals surface area contributed by atoms with E-state index in [4.69, 9.17) is 0 Å². The van der Waals surface area contributed by atoms with Gasteiger partial charge in [0.2, 0.25) is 5.91 Å². The third kappa shape index (κ3) is 4.14. The van der Waals surface area contributed by atoms with Crippen LogP contribution in [-0.4, -0.2) is 42.7 Å². The lowest BCUT2D eigenvalue weighted by Gasteiger charge is -2.17. The number of hydrogen-bond donors (Lipinski definition) is 2. The van der Waals surface area contributed by atoms with E-state index < -0.39 is 0 Å². The molecule has 1 fully saturated rings. The number of thioether (sulfide) groups is 1. The molecule has 2 N–H and O–H groups in total. The summed E-state index contributed by atoms with van der Waals surface area (Å²) in [7, 11) is 0. The minimum Gasteiger partial charge on any atom is -0.356 e. The Labute approximate surface area is 129 Å². The van der Waals surface area contributed by atoms with Crippen LogP contribution in [0.1, 0.15) is 13.3 Å². The van der Waals surface area contributed by atoms with Gasteiger partial charge in [-0.05, 0) is 37.8 Å². The molecule has 0 aromatic heterocycles. The van der Waals surface area contributed by atoms with Crippen LogP contribution in [0.25, 0.3) is 0 Å². The SMILES string of the molecule is CCNC(=O)C1CCN(C(=O)Nc2cccc(SC)c2)C1. The minimum absolute atomic E-state index is 0.0391. The molecule has 0 radical (unpaired) electrons. The second-order valence-electron chi connectivity index (χ2n) is 4.99. The Morgan fingerprint density at radius 3 is 2.95 bits per heavy atom. The van der Waals surface area contributed by atoms with E-state index in [9.17, 15) is 9.59 Å². The minimum atomic E-state index is -0.139. The number of carbonyl (C=O) groups is 2. The van der Waals surface area contributed by atoms with Crippen LogP contribution >= 0.6 is 11.8 Å². The van der Waals surface area contributed by atoms with Gasteiger partial charge in [-0.1, -0.05) is 6.07 Å². The van der Waals surface area contributed by atoms with Crippen molar-refractivity contribution in [3.8, 4) is 0 Å². The van der Waals surface area contributed by atoms with Gasteiger partial charge in [0.15, 0.2) is 0 Å². The molecule has 21 heavy (non-hydrogen) atoms. The van der Waals surface area contributed by atoms with Crippen molar-refractivity contribution in [1.82, 2.24) is 10.2 Å². The van der Waals surface area contributed by atoms with E-state index in [2.05, 4.69) is 10.6 Å². The molecule has 1 heterocycles. The second-order valence-corrected chi connectivity index (χ2v) is 5.87. The lowest BCUT2D eigenvalue weighted by Crippen LogP contribution is -2.36. The normalized spacial score (nSPS) is 17.6. The molecule has 0 aliphatic carbocycles. The van der Waals surface area contributed by atoms with Crippen LogP contribution in [0.15, 0.2) is 29.2 Å². The number of amides is 3. The molecule has 5 nitrogen and oxygen atoms in total. The lowest BCUT2D eigenvalue weighted by molar-refractivity contribution is -0.124. The number of likely N-dealkylation sites (tertiary alicyclic amines) is 1. The first kappa shape index (κ1) is 15.7. The average Bonchev–Trinajstić information content (AvgIpc) is 2.98. The summed E-state index contributed by atoms with van der Waals surface area (Å²) in [4.78, 5) is 26.8. The Hall–Kier alpha value is -1.69. The predicted octanol–water partition coefficient (Wildman–Crippen LogP) is 2.40. The van der Waals surface area contributed by atoms with Crippen LogP contribution in [0.3, 0.4) is 0 Å². The van der Waals surface area contributed by atoms with Gasteiger partial charge >= 0.3 is 6.03 Å². The molecule has 1 aromatic rings. The maximum atomic E-state index is 12.2. The molecule has 0 spiro atoms. The first-order valence-corrected chi connectivity index (χ1v) is 8.34. The van der Waals surface area contributed by atoms with Crippen LogP contribution in [0.4, 0.5) is 10.5 Å². The molecular weight excluding hydrogens is 286 g/mol. The summed E-state index contributed by atoms with van der Waals surface area (Å²) < 4.78 is 0. The maximum Gasteiger partial charge on any atom is 0.321 e. The van der Waals surface area contributed by atoms with Crippen molar-refractivity contribution >= 4 is 29.4 Å². The van der Waals surface area contributed by atoms with E-state index in [-0.39, 0.29) is 17.9 Å². The summed E-state index contributed by atoms with van der Waals surface area (Å²) in [5.41, 5.74) is 0.785. The van der Waals surface area contributed by atoms with Gasteiger partial charge in [-0.25, -0.2) is 4.79 Å². The molecule has 1 saturated heterocycles. The molecule has 2 rings (SSSR count). The van der Waals surface area contributed by atoms with Crippen molar-refractivity contribution in [3.05, 3.63) is 24.3 Å². The highest BCUT2D eigenvalue weighted by Crippen LogP contribution is 2.21. The molecule has 1 unspecified atom stereocenters. The Bertz CT molecular complexity index is 521. The highest BCUT2D eigenvalue weighted by molar-refractivity contribution is 7.98. The topological polar surface area (TPSA) is 61.4 Å². The zero-order chi connectivity index (χ0) is 15.2. The quantitative estimate of drug-likeness (QED) is 0.840. The highest BCUT2D eigenvalue weighted by Gasteiger charge is 2.30. The number of benzene rings is 1. The van der Waals surface area contributed by atoms with E-state index in [0.29, 0.717) is 19.6 Å². The molecule has 114 valence electrons. The van der Waals surface area contributed by atoms with E-state index >= 15 is 0 Å². The van der Waals surface area contributed by atoms with Gasteiger partial charge < -0.3 is 15.5 Å². The fraction of sp³-hybridized carbons (Fsp3) is 0.467. The number of carbonyl (C=O) groups excluding carboxylic acids is 2. The number of anilines is 1. The zero-order valence-corrected chi connectivity index (χ0v) is 13.2. The third-order valence-corrected chi connectivity index (χ3v) is 4.24. The van der Waals surface area contributed by atoms with Gasteiger partial charge in [0.1, 0.15) is 0 Å². The summed E-state index contributed by atoms with van der Waals surface area (Å²) in [5, 5.41) is 5.70. The molecule has 0 bridgehead atoms. The van der Waals surface area contributed by atoms with Crippen LogP contribution in [0, 0.1) is 5.92 Å². The van der Waals surface area contributed by atoms with Crippen molar-refractivity contribution in [1.29, 1.82) is 0 Å². The number of urea groups is 1. The van der Waals surface area contributed by atoms with Gasteiger partial charge in [0, 0.05) is 30.2 Å². The Morgan fingerprint density at radius 1 is 1.43 bits per heavy atom. The molecule has 1 aromatic carbocycles.